The molecule has 0 saturated heterocycles. The Morgan fingerprint density at radius 2 is 1.83 bits per heavy atom. The Bertz CT molecular complexity index is 718. The minimum Gasteiger partial charge on any atom is -0.741 e. The molecular formula is C13H13F3N2O5S. The normalized spacial score (nSPS) is 19.5. The van der Waals surface area contributed by atoms with Gasteiger partial charge in [0, 0.05) is 0 Å². The predicted octanol–water partition coefficient (Wildman–Crippen LogP) is 2.33. The Balaban J connectivity index is 0.000000307. The number of carbonyl (C=O) groups excluding carboxylic acids is 1. The summed E-state index contributed by atoms with van der Waals surface area (Å²) in [6, 6.07) is 9.59. The zero-order valence-corrected chi connectivity index (χ0v) is 13.1. The third kappa shape index (κ3) is 5.76. The van der Waals surface area contributed by atoms with E-state index in [0.717, 1.165) is 5.56 Å². The molecule has 0 aliphatic carbocycles. The number of carbonyl (C=O) groups is 1. The van der Waals surface area contributed by atoms with Crippen LogP contribution < -0.4 is 0 Å². The second-order valence-corrected chi connectivity index (χ2v) is 6.02. The van der Waals surface area contributed by atoms with Gasteiger partial charge in [0.05, 0.1) is 13.2 Å². The van der Waals surface area contributed by atoms with E-state index in [4.69, 9.17) is 17.7 Å². The van der Waals surface area contributed by atoms with Crippen molar-refractivity contribution in [3.8, 4) is 0 Å². The lowest BCUT2D eigenvalue weighted by atomic mass is 10.2. The van der Waals surface area contributed by atoms with Crippen LogP contribution in [0.5, 0.6) is 0 Å². The molecule has 24 heavy (non-hydrogen) atoms. The van der Waals surface area contributed by atoms with Crippen LogP contribution in [0.1, 0.15) is 5.56 Å². The van der Waals surface area contributed by atoms with Gasteiger partial charge >= 0.3 is 11.6 Å². The van der Waals surface area contributed by atoms with Crippen molar-refractivity contribution in [1.82, 2.24) is 0 Å². The second-order valence-electron chi connectivity index (χ2n) is 4.65. The number of ether oxygens (including phenoxy) is 1. The molecule has 0 radical (unpaired) electrons. The first-order chi connectivity index (χ1) is 11.0. The molecule has 0 fully saturated rings. The molecular weight excluding hydrogens is 353 g/mol. The van der Waals surface area contributed by atoms with E-state index in [1.54, 1.807) is 19.4 Å². The van der Waals surface area contributed by atoms with Gasteiger partial charge in [-0.15, -0.1) is 0 Å². The molecule has 132 valence electrons. The van der Waals surface area contributed by atoms with E-state index in [1.165, 1.54) is 6.34 Å². The van der Waals surface area contributed by atoms with Crippen molar-refractivity contribution in [2.75, 3.05) is 7.05 Å². The zero-order valence-electron chi connectivity index (χ0n) is 12.3. The Kier molecular flexibility index (Phi) is 6.23. The molecule has 7 nitrogen and oxygen atoms in total. The van der Waals surface area contributed by atoms with Gasteiger partial charge in [-0.05, 0) is 5.56 Å². The van der Waals surface area contributed by atoms with E-state index in [2.05, 4.69) is 4.99 Å². The Morgan fingerprint density at radius 3 is 2.25 bits per heavy atom. The smallest absolute Gasteiger partial charge is 0.526 e. The molecule has 1 aliphatic heterocycles. The van der Waals surface area contributed by atoms with Gasteiger partial charge in [-0.3, -0.25) is 0 Å². The summed E-state index contributed by atoms with van der Waals surface area (Å²) in [4.78, 5) is 15.6. The molecule has 0 saturated carbocycles. The third-order valence-electron chi connectivity index (χ3n) is 2.65. The summed E-state index contributed by atoms with van der Waals surface area (Å²) in [7, 11) is -4.37. The number of amides is 1. The number of alkyl halides is 3. The lowest BCUT2D eigenvalue weighted by Crippen LogP contribution is -2.41. The first kappa shape index (κ1) is 19.8. The van der Waals surface area contributed by atoms with Crippen molar-refractivity contribution in [2.24, 2.45) is 4.99 Å². The Labute approximate surface area is 136 Å². The molecule has 1 heterocycles. The van der Waals surface area contributed by atoms with Crippen LogP contribution in [0.4, 0.5) is 18.0 Å². The maximum absolute atomic E-state index is 11.7. The van der Waals surface area contributed by atoms with Gasteiger partial charge in [0.1, 0.15) is 12.8 Å². The highest BCUT2D eigenvalue weighted by Crippen LogP contribution is 2.20. The molecule has 1 aromatic rings. The van der Waals surface area contributed by atoms with Crippen LogP contribution in [0.2, 0.25) is 0 Å². The second kappa shape index (κ2) is 7.55. The summed E-state index contributed by atoms with van der Waals surface area (Å²) in [6.07, 6.45) is 4.46. The number of quaternary nitrogens is 1. The minimum atomic E-state index is -6.09. The molecule has 2 rings (SSSR count). The van der Waals surface area contributed by atoms with Crippen molar-refractivity contribution in [2.45, 2.75) is 12.1 Å². The molecule has 1 atom stereocenters. The minimum absolute atomic E-state index is 0.0349. The number of benzene rings is 1. The quantitative estimate of drug-likeness (QED) is 0.455. The average Bonchev–Trinajstić information content (AvgIpc) is 2.92. The van der Waals surface area contributed by atoms with Crippen molar-refractivity contribution < 1.29 is 40.2 Å². The Hall–Kier alpha value is -2.24. The fraction of sp³-hybridized carbons (Fsp3) is 0.231. The number of aliphatic imine (C=N–C) groups is 1. The average molecular weight is 366 g/mol. The first-order valence-electron chi connectivity index (χ1n) is 6.27. The van der Waals surface area contributed by atoms with Gasteiger partial charge in [0.15, 0.2) is 10.1 Å². The van der Waals surface area contributed by atoms with Crippen molar-refractivity contribution in [3.63, 3.8) is 0 Å². The summed E-state index contributed by atoms with van der Waals surface area (Å²) < 4.78 is 64.1. The molecule has 0 spiro atoms. The highest BCUT2D eigenvalue weighted by Gasteiger charge is 2.37. The number of nitrogens with zero attached hydrogens (tertiary/aromatic N) is 2. The van der Waals surface area contributed by atoms with Crippen LogP contribution in [0, 0.1) is 0 Å². The van der Waals surface area contributed by atoms with E-state index in [9.17, 15) is 18.0 Å². The number of hydrogen-bond acceptors (Lipinski definition) is 6. The fourth-order valence-corrected chi connectivity index (χ4v) is 1.36. The summed E-state index contributed by atoms with van der Waals surface area (Å²) in [5.74, 6) is 0. The van der Waals surface area contributed by atoms with Crippen LogP contribution in [0.15, 0.2) is 47.7 Å². The highest BCUT2D eigenvalue weighted by atomic mass is 32.2. The van der Waals surface area contributed by atoms with Gasteiger partial charge in [0.2, 0.25) is 6.34 Å². The van der Waals surface area contributed by atoms with Gasteiger partial charge < -0.3 is 9.29 Å². The first-order valence-corrected chi connectivity index (χ1v) is 7.68. The maximum atomic E-state index is 11.7. The molecule has 0 bridgehead atoms. The lowest BCUT2D eigenvalue weighted by molar-refractivity contribution is -0.676. The molecule has 1 aliphatic rings. The standard InChI is InChI=1S/C12H13N2O2.CHF3O3S/c1-14(8-7-13-10-14)12(15)16-9-11-5-3-2-4-6-11;2-1(3,4)8(5,6)7/h2-8,10H,9H2,1H3;(H,5,6,7)/q+1;/p-1. The summed E-state index contributed by atoms with van der Waals surface area (Å²) in [5, 5.41) is 0. The van der Waals surface area contributed by atoms with Crippen LogP contribution in [0.25, 0.3) is 0 Å². The number of halogens is 3. The predicted molar refractivity (Wildman–Crippen MR) is 76.2 cm³/mol. The van der Waals surface area contributed by atoms with Gasteiger partial charge in [-0.25, -0.2) is 13.4 Å². The van der Waals surface area contributed by atoms with Crippen molar-refractivity contribution in [3.05, 3.63) is 48.3 Å². The monoisotopic (exact) mass is 366 g/mol. The molecule has 1 aromatic carbocycles. The van der Waals surface area contributed by atoms with Gasteiger partial charge in [0.25, 0.3) is 0 Å². The third-order valence-corrected chi connectivity index (χ3v) is 3.22. The Morgan fingerprint density at radius 1 is 1.29 bits per heavy atom. The van der Waals surface area contributed by atoms with Crippen molar-refractivity contribution >= 4 is 22.5 Å². The van der Waals surface area contributed by atoms with Crippen molar-refractivity contribution in [1.29, 1.82) is 0 Å². The van der Waals surface area contributed by atoms with Gasteiger partial charge in [-0.1, -0.05) is 30.3 Å². The highest BCUT2D eigenvalue weighted by molar-refractivity contribution is 7.86. The van der Waals surface area contributed by atoms with E-state index in [0.29, 0.717) is 0 Å². The van der Waals surface area contributed by atoms with Gasteiger partial charge in [-0.2, -0.15) is 22.4 Å². The van der Waals surface area contributed by atoms with Crippen LogP contribution >= 0.6 is 0 Å². The summed E-state index contributed by atoms with van der Waals surface area (Å²) in [6.45, 7) is 0.287. The molecule has 0 N–H and O–H groups in total. The summed E-state index contributed by atoms with van der Waals surface area (Å²) in [5.41, 5.74) is -4.67. The summed E-state index contributed by atoms with van der Waals surface area (Å²) >= 11 is 0. The largest absolute Gasteiger partial charge is 0.741 e. The molecule has 1 unspecified atom stereocenters. The number of rotatable bonds is 2. The van der Waals surface area contributed by atoms with Crippen LogP contribution in [0.3, 0.4) is 0 Å². The molecule has 0 aromatic heterocycles. The van der Waals surface area contributed by atoms with Crippen LogP contribution in [-0.2, 0) is 21.5 Å². The van der Waals surface area contributed by atoms with E-state index in [1.807, 2.05) is 30.3 Å². The van der Waals surface area contributed by atoms with E-state index in [-0.39, 0.29) is 17.2 Å². The fourth-order valence-electron chi connectivity index (χ4n) is 1.36. The van der Waals surface area contributed by atoms with E-state index >= 15 is 0 Å². The maximum Gasteiger partial charge on any atom is 0.526 e. The topological polar surface area (TPSA) is 95.9 Å². The van der Waals surface area contributed by atoms with E-state index < -0.39 is 15.6 Å². The van der Waals surface area contributed by atoms with Crippen LogP contribution in [-0.4, -0.2) is 42.4 Å². The molecule has 1 amide bonds. The number of hydrogen-bond donors (Lipinski definition) is 0. The zero-order chi connectivity index (χ0) is 18.4. The SMILES string of the molecule is C[N+]1(C(=O)OCc2ccccc2)C=CN=C1.O=S(=O)([O-])C(F)(F)F. The lowest BCUT2D eigenvalue weighted by Gasteiger charge is -2.17. The molecule has 11 heteroatoms.